The van der Waals surface area contributed by atoms with E-state index in [-0.39, 0.29) is 0 Å². The van der Waals surface area contributed by atoms with Crippen molar-refractivity contribution in [1.29, 1.82) is 0 Å². The SMILES string of the molecule is CC1=C[C@@H]2C3=Cc4c(c5cc(C)ccc5n4-c4nc(-c5ccccc5)nc(-c5ccccc5)n4)CC3N(C3=CC=CCC3)C2C=C1. The third kappa shape index (κ3) is 4.33. The van der Waals surface area contributed by atoms with Gasteiger partial charge in [0.15, 0.2) is 11.6 Å². The fraction of sp³-hybridized carbons (Fsp3) is 0.195. The highest BCUT2D eigenvalue weighted by Crippen LogP contribution is 2.49. The molecular weight excluding hydrogens is 562 g/mol. The summed E-state index contributed by atoms with van der Waals surface area (Å²) >= 11 is 0. The van der Waals surface area contributed by atoms with E-state index in [1.54, 1.807) is 0 Å². The van der Waals surface area contributed by atoms with Gasteiger partial charge in [-0.2, -0.15) is 9.97 Å². The Morgan fingerprint density at radius 2 is 1.57 bits per heavy atom. The lowest BCUT2D eigenvalue weighted by Crippen LogP contribution is -2.38. The van der Waals surface area contributed by atoms with Crippen molar-refractivity contribution in [3.8, 4) is 28.7 Å². The number of allylic oxidation sites excluding steroid dienone is 6. The van der Waals surface area contributed by atoms with Gasteiger partial charge >= 0.3 is 0 Å². The third-order valence-electron chi connectivity index (χ3n) is 9.97. The largest absolute Gasteiger partial charge is 0.360 e. The first-order valence-corrected chi connectivity index (χ1v) is 16.4. The van der Waals surface area contributed by atoms with Gasteiger partial charge in [0.25, 0.3) is 0 Å². The highest BCUT2D eigenvalue weighted by molar-refractivity contribution is 5.92. The molecule has 3 heterocycles. The van der Waals surface area contributed by atoms with Gasteiger partial charge in [0.2, 0.25) is 5.95 Å². The molecule has 3 aliphatic carbocycles. The molecule has 2 unspecified atom stereocenters. The molecule has 0 spiro atoms. The Kier molecular flexibility index (Phi) is 6.27. The molecule has 5 aromatic rings. The molecule has 0 radical (unpaired) electrons. The molecular formula is C41H35N5. The smallest absolute Gasteiger partial charge is 0.238 e. The van der Waals surface area contributed by atoms with E-state index in [0.29, 0.717) is 35.6 Å². The first kappa shape index (κ1) is 27.1. The highest BCUT2D eigenvalue weighted by atomic mass is 15.2. The highest BCUT2D eigenvalue weighted by Gasteiger charge is 2.46. The van der Waals surface area contributed by atoms with Crippen LogP contribution in [0.2, 0.25) is 0 Å². The second-order valence-electron chi connectivity index (χ2n) is 12.9. The minimum Gasteiger partial charge on any atom is -0.360 e. The molecule has 5 nitrogen and oxygen atoms in total. The van der Waals surface area contributed by atoms with Crippen LogP contribution in [0.4, 0.5) is 0 Å². The summed E-state index contributed by atoms with van der Waals surface area (Å²) in [6.07, 6.45) is 19.7. The van der Waals surface area contributed by atoms with E-state index in [9.17, 15) is 0 Å². The van der Waals surface area contributed by atoms with E-state index in [2.05, 4.69) is 108 Å². The summed E-state index contributed by atoms with van der Waals surface area (Å²) in [5.41, 5.74) is 11.2. The Hall–Kier alpha value is -5.29. The normalized spacial score (nSPS) is 21.4. The number of likely N-dealkylation sites (tertiary alicyclic amines) is 1. The maximum atomic E-state index is 5.18. The summed E-state index contributed by atoms with van der Waals surface area (Å²) in [7, 11) is 0. The van der Waals surface area contributed by atoms with E-state index < -0.39 is 0 Å². The predicted octanol–water partition coefficient (Wildman–Crippen LogP) is 8.82. The number of benzene rings is 3. The third-order valence-corrected chi connectivity index (χ3v) is 9.97. The number of aromatic nitrogens is 4. The van der Waals surface area contributed by atoms with Crippen LogP contribution in [0, 0.1) is 12.8 Å². The molecule has 224 valence electrons. The standard InChI is InChI=1S/C41H35N5/c1-26-18-20-35-31(22-26)33-25-38-34(24-37(33)45(35)30-16-10-5-11-17-30)32-23-27(2)19-21-36(32)46(38)41-43-39(28-12-6-3-7-13-28)42-40(44-41)29-14-8-4-9-15-29/h3-10,12-16,18-23,25,31,35,37H,11,17,24H2,1-2H3/t31-,35?,37?/m1/s1. The zero-order chi connectivity index (χ0) is 30.8. The molecule has 1 fully saturated rings. The van der Waals surface area contributed by atoms with E-state index in [1.807, 2.05) is 36.4 Å². The average Bonchev–Trinajstić information content (AvgIpc) is 3.59. The van der Waals surface area contributed by atoms with Crippen molar-refractivity contribution in [1.82, 2.24) is 24.4 Å². The molecule has 0 N–H and O–H groups in total. The number of hydrogen-bond donors (Lipinski definition) is 0. The lowest BCUT2D eigenvalue weighted by molar-refractivity contribution is 0.269. The number of rotatable bonds is 4. The fourth-order valence-electron chi connectivity index (χ4n) is 7.88. The van der Waals surface area contributed by atoms with Crippen molar-refractivity contribution >= 4 is 17.0 Å². The first-order chi connectivity index (χ1) is 22.6. The Labute approximate surface area is 269 Å². The number of aryl methyl sites for hydroxylation is 1. The molecule has 0 amide bonds. The molecule has 4 aliphatic rings. The lowest BCUT2D eigenvalue weighted by atomic mass is 9.83. The molecule has 0 bridgehead atoms. The maximum Gasteiger partial charge on any atom is 0.238 e. The van der Waals surface area contributed by atoms with Gasteiger partial charge in [0, 0.05) is 28.1 Å². The van der Waals surface area contributed by atoms with Crippen molar-refractivity contribution in [3.05, 3.63) is 149 Å². The Morgan fingerprint density at radius 3 is 2.26 bits per heavy atom. The van der Waals surface area contributed by atoms with Crippen LogP contribution < -0.4 is 0 Å². The summed E-state index contributed by atoms with van der Waals surface area (Å²) in [6, 6.07) is 27.9. The topological polar surface area (TPSA) is 46.8 Å². The van der Waals surface area contributed by atoms with Crippen LogP contribution in [0.15, 0.2) is 132 Å². The number of nitrogens with zero attached hydrogens (tertiary/aromatic N) is 5. The first-order valence-electron chi connectivity index (χ1n) is 16.4. The van der Waals surface area contributed by atoms with Crippen molar-refractivity contribution in [2.75, 3.05) is 0 Å². The molecule has 1 aliphatic heterocycles. The van der Waals surface area contributed by atoms with Crippen molar-refractivity contribution in [2.45, 2.75) is 45.2 Å². The van der Waals surface area contributed by atoms with Gasteiger partial charge in [-0.1, -0.05) is 108 Å². The average molecular weight is 598 g/mol. The molecule has 5 heteroatoms. The molecule has 2 aromatic heterocycles. The van der Waals surface area contributed by atoms with Gasteiger partial charge in [0.1, 0.15) is 0 Å². The lowest BCUT2D eigenvalue weighted by Gasteiger charge is -2.36. The molecule has 0 saturated carbocycles. The quantitative estimate of drug-likeness (QED) is 0.208. The monoisotopic (exact) mass is 597 g/mol. The maximum absolute atomic E-state index is 5.18. The van der Waals surface area contributed by atoms with Gasteiger partial charge in [-0.25, -0.2) is 4.98 Å². The van der Waals surface area contributed by atoms with E-state index in [1.165, 1.54) is 39.1 Å². The summed E-state index contributed by atoms with van der Waals surface area (Å²) in [6.45, 7) is 4.41. The minimum absolute atomic E-state index is 0.310. The van der Waals surface area contributed by atoms with E-state index in [4.69, 9.17) is 15.0 Å². The van der Waals surface area contributed by atoms with Gasteiger partial charge < -0.3 is 4.90 Å². The van der Waals surface area contributed by atoms with Crippen LogP contribution >= 0.6 is 0 Å². The fourth-order valence-corrected chi connectivity index (χ4v) is 7.88. The van der Waals surface area contributed by atoms with Crippen LogP contribution in [0.25, 0.3) is 45.7 Å². The molecule has 3 aromatic carbocycles. The molecule has 9 rings (SSSR count). The second-order valence-corrected chi connectivity index (χ2v) is 12.9. The second kappa shape index (κ2) is 10.7. The summed E-state index contributed by atoms with van der Waals surface area (Å²) in [5, 5.41) is 1.28. The van der Waals surface area contributed by atoms with Crippen molar-refractivity contribution in [2.24, 2.45) is 5.92 Å². The van der Waals surface area contributed by atoms with Crippen LogP contribution in [0.3, 0.4) is 0 Å². The van der Waals surface area contributed by atoms with E-state index >= 15 is 0 Å². The Balaban J connectivity index is 1.29. The van der Waals surface area contributed by atoms with Gasteiger partial charge in [0.05, 0.1) is 23.3 Å². The van der Waals surface area contributed by atoms with Gasteiger partial charge in [-0.05, 0) is 68.5 Å². The van der Waals surface area contributed by atoms with E-state index in [0.717, 1.165) is 35.9 Å². The molecule has 46 heavy (non-hydrogen) atoms. The van der Waals surface area contributed by atoms with Gasteiger partial charge in [-0.3, -0.25) is 4.57 Å². The number of fused-ring (bicyclic) bond motifs is 6. The molecule has 3 atom stereocenters. The molecule has 1 saturated heterocycles. The van der Waals surface area contributed by atoms with Crippen LogP contribution in [0.1, 0.15) is 36.6 Å². The number of hydrogen-bond acceptors (Lipinski definition) is 4. The summed E-state index contributed by atoms with van der Waals surface area (Å²) < 4.78 is 2.30. The summed E-state index contributed by atoms with van der Waals surface area (Å²) in [5.74, 6) is 2.34. The van der Waals surface area contributed by atoms with Crippen LogP contribution in [-0.4, -0.2) is 36.5 Å². The Bertz CT molecular complexity index is 2110. The zero-order valence-corrected chi connectivity index (χ0v) is 26.1. The van der Waals surface area contributed by atoms with Crippen LogP contribution in [0.5, 0.6) is 0 Å². The minimum atomic E-state index is 0.310. The summed E-state index contributed by atoms with van der Waals surface area (Å²) in [4.78, 5) is 18.1. The van der Waals surface area contributed by atoms with Crippen molar-refractivity contribution in [3.63, 3.8) is 0 Å². The zero-order valence-electron chi connectivity index (χ0n) is 26.1. The van der Waals surface area contributed by atoms with Crippen LogP contribution in [-0.2, 0) is 6.42 Å². The van der Waals surface area contributed by atoms with Gasteiger partial charge in [-0.15, -0.1) is 0 Å². The predicted molar refractivity (Wildman–Crippen MR) is 186 cm³/mol. The van der Waals surface area contributed by atoms with Crippen molar-refractivity contribution < 1.29 is 0 Å². The Morgan fingerprint density at radius 1 is 0.826 bits per heavy atom.